The van der Waals surface area contributed by atoms with Crippen molar-refractivity contribution in [1.29, 1.82) is 0 Å². The first-order valence-corrected chi connectivity index (χ1v) is 5.14. The van der Waals surface area contributed by atoms with Crippen molar-refractivity contribution in [2.75, 3.05) is 7.11 Å². The molecule has 0 saturated carbocycles. The Morgan fingerprint density at radius 2 is 2.18 bits per heavy atom. The quantitative estimate of drug-likeness (QED) is 0.889. The molecule has 0 aliphatic heterocycles. The average molecular weight is 265 g/mol. The van der Waals surface area contributed by atoms with Crippen LogP contribution in [-0.2, 0) is 11.2 Å². The first-order chi connectivity index (χ1) is 7.84. The number of carbonyl (C=O) groups is 1. The van der Waals surface area contributed by atoms with E-state index in [-0.39, 0.29) is 10.6 Å². The summed E-state index contributed by atoms with van der Waals surface area (Å²) in [5.41, 5.74) is 0.266. The Labute approximate surface area is 102 Å². The molecular formula is C11H11ClF2O3. The summed E-state index contributed by atoms with van der Waals surface area (Å²) >= 11 is 5.78. The minimum Gasteiger partial charge on any atom is -0.495 e. The summed E-state index contributed by atoms with van der Waals surface area (Å²) in [6.07, 6.45) is -1.86. The standard InChI is InChI=1S/C11H11ClF2O3/c1-17-9-3-2-7(4-8(9)12)5-11(13,14)6-10(15)16/h2-4H,5-6H2,1H3,(H,15,16). The van der Waals surface area contributed by atoms with Crippen LogP contribution in [0.25, 0.3) is 0 Å². The van der Waals surface area contributed by atoms with Crippen LogP contribution in [0.2, 0.25) is 5.02 Å². The van der Waals surface area contributed by atoms with E-state index in [0.29, 0.717) is 5.75 Å². The van der Waals surface area contributed by atoms with Gasteiger partial charge in [-0.05, 0) is 17.7 Å². The molecule has 0 amide bonds. The lowest BCUT2D eigenvalue weighted by atomic mass is 10.0. The number of alkyl halides is 2. The van der Waals surface area contributed by atoms with Crippen molar-refractivity contribution < 1.29 is 23.4 Å². The summed E-state index contributed by atoms with van der Waals surface area (Å²) in [6.45, 7) is 0. The van der Waals surface area contributed by atoms with Crippen molar-refractivity contribution >= 4 is 17.6 Å². The van der Waals surface area contributed by atoms with E-state index >= 15 is 0 Å². The molecule has 1 rings (SSSR count). The highest BCUT2D eigenvalue weighted by Crippen LogP contribution is 2.29. The molecular weight excluding hydrogens is 254 g/mol. The molecule has 0 aromatic heterocycles. The normalized spacial score (nSPS) is 11.3. The summed E-state index contributed by atoms with van der Waals surface area (Å²) in [6, 6.07) is 4.24. The molecule has 0 spiro atoms. The fraction of sp³-hybridized carbons (Fsp3) is 0.364. The van der Waals surface area contributed by atoms with Gasteiger partial charge in [0, 0.05) is 6.42 Å². The SMILES string of the molecule is COc1ccc(CC(F)(F)CC(=O)O)cc1Cl. The Bertz CT molecular complexity index is 421. The van der Waals surface area contributed by atoms with E-state index in [4.69, 9.17) is 21.4 Å². The van der Waals surface area contributed by atoms with Crippen molar-refractivity contribution in [3.05, 3.63) is 28.8 Å². The molecule has 0 bridgehead atoms. The van der Waals surface area contributed by atoms with Gasteiger partial charge in [0.1, 0.15) is 12.2 Å². The zero-order valence-electron chi connectivity index (χ0n) is 9.04. The number of carboxylic acids is 1. The fourth-order valence-electron chi connectivity index (χ4n) is 1.40. The molecule has 0 atom stereocenters. The van der Waals surface area contributed by atoms with Gasteiger partial charge in [0.05, 0.1) is 12.1 Å². The number of carboxylic acid groups (broad SMARTS) is 1. The third-order valence-corrected chi connectivity index (χ3v) is 2.38. The average Bonchev–Trinajstić information content (AvgIpc) is 2.14. The Morgan fingerprint density at radius 3 is 2.65 bits per heavy atom. The topological polar surface area (TPSA) is 46.5 Å². The Hall–Kier alpha value is -1.36. The molecule has 3 nitrogen and oxygen atoms in total. The molecule has 6 heteroatoms. The second kappa shape index (κ2) is 5.31. The summed E-state index contributed by atoms with van der Waals surface area (Å²) in [7, 11) is 1.42. The van der Waals surface area contributed by atoms with Crippen molar-refractivity contribution in [3.63, 3.8) is 0 Å². The van der Waals surface area contributed by atoms with Gasteiger partial charge in [-0.1, -0.05) is 17.7 Å². The van der Waals surface area contributed by atoms with Gasteiger partial charge in [-0.15, -0.1) is 0 Å². The predicted octanol–water partition coefficient (Wildman–Crippen LogP) is 3.00. The summed E-state index contributed by atoms with van der Waals surface area (Å²) in [5.74, 6) is -4.43. The lowest BCUT2D eigenvalue weighted by Gasteiger charge is -2.14. The zero-order chi connectivity index (χ0) is 13.1. The minimum atomic E-state index is -3.29. The molecule has 1 N–H and O–H groups in total. The zero-order valence-corrected chi connectivity index (χ0v) is 9.80. The number of rotatable bonds is 5. The van der Waals surface area contributed by atoms with Crippen LogP contribution in [0, 0.1) is 0 Å². The molecule has 0 aliphatic carbocycles. The third-order valence-electron chi connectivity index (χ3n) is 2.09. The van der Waals surface area contributed by atoms with Gasteiger partial charge in [-0.3, -0.25) is 4.79 Å². The molecule has 0 saturated heterocycles. The molecule has 1 aromatic rings. The summed E-state index contributed by atoms with van der Waals surface area (Å²) in [4.78, 5) is 10.2. The van der Waals surface area contributed by atoms with Crippen LogP contribution in [0.5, 0.6) is 5.75 Å². The molecule has 0 fully saturated rings. The smallest absolute Gasteiger partial charge is 0.309 e. The van der Waals surface area contributed by atoms with E-state index in [1.54, 1.807) is 0 Å². The lowest BCUT2D eigenvalue weighted by Crippen LogP contribution is -2.23. The summed E-state index contributed by atoms with van der Waals surface area (Å²) in [5, 5.41) is 8.56. The fourth-order valence-corrected chi connectivity index (χ4v) is 1.68. The molecule has 94 valence electrons. The van der Waals surface area contributed by atoms with Gasteiger partial charge < -0.3 is 9.84 Å². The predicted molar refractivity (Wildman–Crippen MR) is 58.9 cm³/mol. The number of aliphatic carboxylic acids is 1. The highest BCUT2D eigenvalue weighted by molar-refractivity contribution is 6.32. The van der Waals surface area contributed by atoms with Crippen LogP contribution in [0.15, 0.2) is 18.2 Å². The van der Waals surface area contributed by atoms with E-state index in [9.17, 15) is 13.6 Å². The van der Waals surface area contributed by atoms with Gasteiger partial charge in [0.25, 0.3) is 5.92 Å². The molecule has 17 heavy (non-hydrogen) atoms. The number of benzene rings is 1. The lowest BCUT2D eigenvalue weighted by molar-refractivity contribution is -0.144. The monoisotopic (exact) mass is 264 g/mol. The highest BCUT2D eigenvalue weighted by atomic mass is 35.5. The number of hydrogen-bond acceptors (Lipinski definition) is 2. The second-order valence-corrected chi connectivity index (χ2v) is 3.98. The minimum absolute atomic E-state index is 0.219. The van der Waals surface area contributed by atoms with Crippen molar-refractivity contribution in [2.45, 2.75) is 18.8 Å². The third kappa shape index (κ3) is 4.19. The molecule has 0 unspecified atom stereocenters. The Balaban J connectivity index is 2.81. The van der Waals surface area contributed by atoms with Crippen LogP contribution in [0.1, 0.15) is 12.0 Å². The molecule has 0 heterocycles. The maximum Gasteiger partial charge on any atom is 0.309 e. The summed E-state index contributed by atoms with van der Waals surface area (Å²) < 4.78 is 31.3. The number of ether oxygens (including phenoxy) is 1. The van der Waals surface area contributed by atoms with E-state index in [1.165, 1.54) is 25.3 Å². The van der Waals surface area contributed by atoms with E-state index < -0.39 is 24.7 Å². The van der Waals surface area contributed by atoms with Gasteiger partial charge in [-0.25, -0.2) is 8.78 Å². The van der Waals surface area contributed by atoms with Gasteiger partial charge in [0.15, 0.2) is 0 Å². The highest BCUT2D eigenvalue weighted by Gasteiger charge is 2.32. The maximum absolute atomic E-state index is 13.2. The van der Waals surface area contributed by atoms with Gasteiger partial charge in [-0.2, -0.15) is 0 Å². The van der Waals surface area contributed by atoms with E-state index in [1.807, 2.05) is 0 Å². The number of halogens is 3. The van der Waals surface area contributed by atoms with Crippen LogP contribution in [0.4, 0.5) is 8.78 Å². The van der Waals surface area contributed by atoms with Gasteiger partial charge in [0.2, 0.25) is 0 Å². The van der Waals surface area contributed by atoms with Crippen LogP contribution in [-0.4, -0.2) is 24.1 Å². The van der Waals surface area contributed by atoms with Gasteiger partial charge >= 0.3 is 5.97 Å². The molecule has 0 aliphatic rings. The number of hydrogen-bond donors (Lipinski definition) is 1. The van der Waals surface area contributed by atoms with E-state index in [2.05, 4.69) is 0 Å². The van der Waals surface area contributed by atoms with Crippen LogP contribution >= 0.6 is 11.6 Å². The second-order valence-electron chi connectivity index (χ2n) is 3.57. The number of methoxy groups -OCH3 is 1. The van der Waals surface area contributed by atoms with Crippen LogP contribution in [0.3, 0.4) is 0 Å². The van der Waals surface area contributed by atoms with Crippen LogP contribution < -0.4 is 4.74 Å². The first kappa shape index (κ1) is 13.7. The maximum atomic E-state index is 13.2. The Morgan fingerprint density at radius 1 is 1.53 bits per heavy atom. The molecule has 0 radical (unpaired) electrons. The first-order valence-electron chi connectivity index (χ1n) is 4.76. The molecule has 1 aromatic carbocycles. The van der Waals surface area contributed by atoms with Crippen molar-refractivity contribution in [2.24, 2.45) is 0 Å². The van der Waals surface area contributed by atoms with Crippen molar-refractivity contribution in [3.8, 4) is 5.75 Å². The van der Waals surface area contributed by atoms with Crippen molar-refractivity contribution in [1.82, 2.24) is 0 Å². The largest absolute Gasteiger partial charge is 0.495 e. The van der Waals surface area contributed by atoms with E-state index in [0.717, 1.165) is 0 Å². The Kier molecular flexibility index (Phi) is 4.28.